The summed E-state index contributed by atoms with van der Waals surface area (Å²) >= 11 is 0. The number of nitrogens with one attached hydrogen (secondary N) is 1. The highest BCUT2D eigenvalue weighted by Gasteiger charge is 2.28. The van der Waals surface area contributed by atoms with Crippen LogP contribution in [0.4, 0.5) is 5.69 Å². The van der Waals surface area contributed by atoms with Gasteiger partial charge in [-0.15, -0.1) is 0 Å². The van der Waals surface area contributed by atoms with Crippen molar-refractivity contribution in [3.05, 3.63) is 52.1 Å². The molecule has 0 radical (unpaired) electrons. The average molecular weight is 359 g/mol. The summed E-state index contributed by atoms with van der Waals surface area (Å²) in [5, 5.41) is 14.6. The van der Waals surface area contributed by atoms with E-state index in [0.29, 0.717) is 12.3 Å². The molecule has 0 saturated carbocycles. The lowest BCUT2D eigenvalue weighted by Crippen LogP contribution is -2.46. The Labute approximate surface area is 152 Å². The molecule has 3 rings (SSSR count). The fourth-order valence-corrected chi connectivity index (χ4v) is 3.28. The van der Waals surface area contributed by atoms with Crippen LogP contribution in [0.25, 0.3) is 0 Å². The van der Waals surface area contributed by atoms with Gasteiger partial charge in [-0.05, 0) is 19.9 Å². The normalized spacial score (nSPS) is 18.2. The first kappa shape index (κ1) is 18.3. The molecule has 8 heteroatoms. The van der Waals surface area contributed by atoms with Crippen LogP contribution in [0.1, 0.15) is 31.3 Å². The maximum atomic E-state index is 11.2. The molecule has 26 heavy (non-hydrogen) atoms. The van der Waals surface area contributed by atoms with Crippen LogP contribution < -0.4 is 10.1 Å². The number of piperazine rings is 1. The van der Waals surface area contributed by atoms with Crippen molar-refractivity contribution in [3.8, 4) is 5.75 Å². The van der Waals surface area contributed by atoms with E-state index in [1.54, 1.807) is 18.3 Å². The van der Waals surface area contributed by atoms with Crippen molar-refractivity contribution in [3.63, 3.8) is 0 Å². The van der Waals surface area contributed by atoms with E-state index in [9.17, 15) is 10.1 Å². The van der Waals surface area contributed by atoms with Gasteiger partial charge in [-0.1, -0.05) is 0 Å². The minimum absolute atomic E-state index is 0.00330. The maximum Gasteiger partial charge on any atom is 0.270 e. The third-order valence-corrected chi connectivity index (χ3v) is 4.50. The quantitative estimate of drug-likeness (QED) is 0.629. The van der Waals surface area contributed by atoms with Crippen LogP contribution in [0, 0.1) is 10.1 Å². The molecule has 1 saturated heterocycles. The smallest absolute Gasteiger partial charge is 0.270 e. The van der Waals surface area contributed by atoms with E-state index in [-0.39, 0.29) is 22.8 Å². The van der Waals surface area contributed by atoms with Crippen LogP contribution in [0.15, 0.2) is 30.6 Å². The summed E-state index contributed by atoms with van der Waals surface area (Å²) in [5.41, 5.74) is 0.911. The van der Waals surface area contributed by atoms with E-state index < -0.39 is 0 Å². The first-order valence-electron chi connectivity index (χ1n) is 8.81. The molecule has 0 bridgehead atoms. The molecule has 1 unspecified atom stereocenters. The van der Waals surface area contributed by atoms with Crippen molar-refractivity contribution in [2.75, 3.05) is 19.6 Å². The Kier molecular flexibility index (Phi) is 5.53. The number of aryl methyl sites for hydroxylation is 1. The van der Waals surface area contributed by atoms with Crippen LogP contribution in [-0.4, -0.2) is 45.1 Å². The third kappa shape index (κ3) is 4.03. The van der Waals surface area contributed by atoms with E-state index in [1.807, 2.05) is 31.7 Å². The number of hydrogen-bond acceptors (Lipinski definition) is 6. The number of benzene rings is 1. The fraction of sp³-hybridized carbons (Fsp3) is 0.500. The molecule has 1 aliphatic rings. The first-order chi connectivity index (χ1) is 12.5. The molecule has 2 heterocycles. The number of hydrogen-bond donors (Lipinski definition) is 1. The predicted molar refractivity (Wildman–Crippen MR) is 98.1 cm³/mol. The van der Waals surface area contributed by atoms with E-state index in [2.05, 4.69) is 15.2 Å². The van der Waals surface area contributed by atoms with Crippen molar-refractivity contribution in [2.45, 2.75) is 32.5 Å². The Morgan fingerprint density at radius 1 is 1.46 bits per heavy atom. The number of nitrogens with zero attached hydrogens (tertiary/aromatic N) is 4. The van der Waals surface area contributed by atoms with Gasteiger partial charge in [0.25, 0.3) is 5.69 Å². The zero-order chi connectivity index (χ0) is 18.7. The molecule has 140 valence electrons. The summed E-state index contributed by atoms with van der Waals surface area (Å²) in [6.45, 7) is 6.97. The summed E-state index contributed by atoms with van der Waals surface area (Å²) in [6, 6.07) is 4.92. The van der Waals surface area contributed by atoms with Crippen molar-refractivity contribution >= 4 is 5.69 Å². The standard InChI is InChI=1S/C18H25N5O3/c1-13(2)26-17-5-4-15(23(24)25)10-14(17)12-22-9-6-19-11-16(22)18-20-7-8-21(18)3/h4-5,7-8,10,13,16,19H,6,9,11-12H2,1-3H3. The van der Waals surface area contributed by atoms with Gasteiger partial charge in [0, 0.05) is 63.3 Å². The van der Waals surface area contributed by atoms with Crippen LogP contribution >= 0.6 is 0 Å². The highest BCUT2D eigenvalue weighted by atomic mass is 16.6. The monoisotopic (exact) mass is 359 g/mol. The number of rotatable bonds is 6. The molecule has 1 aromatic heterocycles. The first-order valence-corrected chi connectivity index (χ1v) is 8.81. The van der Waals surface area contributed by atoms with Gasteiger partial charge in [0.2, 0.25) is 0 Å². The summed E-state index contributed by atoms with van der Waals surface area (Å²) in [5.74, 6) is 1.68. The van der Waals surface area contributed by atoms with Crippen molar-refractivity contribution in [1.82, 2.24) is 19.8 Å². The minimum atomic E-state index is -0.364. The summed E-state index contributed by atoms with van der Waals surface area (Å²) in [7, 11) is 1.98. The Balaban J connectivity index is 1.90. The zero-order valence-corrected chi connectivity index (χ0v) is 15.4. The highest BCUT2D eigenvalue weighted by Crippen LogP contribution is 2.30. The third-order valence-electron chi connectivity index (χ3n) is 4.50. The number of nitro benzene ring substituents is 1. The zero-order valence-electron chi connectivity index (χ0n) is 15.4. The number of aromatic nitrogens is 2. The van der Waals surface area contributed by atoms with Crippen molar-refractivity contribution in [1.29, 1.82) is 0 Å². The number of imidazole rings is 1. The second-order valence-electron chi connectivity index (χ2n) is 6.80. The van der Waals surface area contributed by atoms with Gasteiger partial charge in [-0.2, -0.15) is 0 Å². The molecular weight excluding hydrogens is 334 g/mol. The fourth-order valence-electron chi connectivity index (χ4n) is 3.28. The molecule has 2 aromatic rings. The van der Waals surface area contributed by atoms with E-state index in [4.69, 9.17) is 4.74 Å². The Hall–Kier alpha value is -2.45. The van der Waals surface area contributed by atoms with Gasteiger partial charge >= 0.3 is 0 Å². The van der Waals surface area contributed by atoms with Gasteiger partial charge in [0.05, 0.1) is 17.1 Å². The Morgan fingerprint density at radius 2 is 2.27 bits per heavy atom. The maximum absolute atomic E-state index is 11.2. The number of non-ortho nitro benzene ring substituents is 1. The lowest BCUT2D eigenvalue weighted by molar-refractivity contribution is -0.385. The molecule has 1 atom stereocenters. The van der Waals surface area contributed by atoms with Crippen LogP contribution in [-0.2, 0) is 13.6 Å². The molecule has 0 aliphatic carbocycles. The molecule has 1 N–H and O–H groups in total. The van der Waals surface area contributed by atoms with Crippen molar-refractivity contribution in [2.24, 2.45) is 7.05 Å². The van der Waals surface area contributed by atoms with Gasteiger partial charge in [0.1, 0.15) is 11.6 Å². The molecule has 0 spiro atoms. The van der Waals surface area contributed by atoms with E-state index in [1.165, 1.54) is 6.07 Å². The van der Waals surface area contributed by atoms with E-state index in [0.717, 1.165) is 31.0 Å². The second kappa shape index (κ2) is 7.84. The molecule has 1 aromatic carbocycles. The predicted octanol–water partition coefficient (Wildman–Crippen LogP) is 2.26. The summed E-state index contributed by atoms with van der Waals surface area (Å²) in [4.78, 5) is 17.6. The van der Waals surface area contributed by atoms with Gasteiger partial charge < -0.3 is 14.6 Å². The van der Waals surface area contributed by atoms with Gasteiger partial charge in [-0.3, -0.25) is 15.0 Å². The average Bonchev–Trinajstić information content (AvgIpc) is 3.02. The number of nitro groups is 1. The molecule has 8 nitrogen and oxygen atoms in total. The summed E-state index contributed by atoms with van der Waals surface area (Å²) < 4.78 is 7.90. The Morgan fingerprint density at radius 3 is 2.92 bits per heavy atom. The molecular formula is C18H25N5O3. The Bertz CT molecular complexity index is 774. The number of ether oxygens (including phenoxy) is 1. The lowest BCUT2D eigenvalue weighted by Gasteiger charge is -2.36. The van der Waals surface area contributed by atoms with Crippen LogP contribution in [0.3, 0.4) is 0 Å². The second-order valence-corrected chi connectivity index (χ2v) is 6.80. The van der Waals surface area contributed by atoms with Crippen molar-refractivity contribution < 1.29 is 9.66 Å². The lowest BCUT2D eigenvalue weighted by atomic mass is 10.1. The SMILES string of the molecule is CC(C)Oc1ccc([N+](=O)[O-])cc1CN1CCNCC1c1nccn1C. The summed E-state index contributed by atoms with van der Waals surface area (Å²) in [6.07, 6.45) is 3.73. The highest BCUT2D eigenvalue weighted by molar-refractivity contribution is 5.44. The largest absolute Gasteiger partial charge is 0.491 e. The molecule has 1 aliphatic heterocycles. The van der Waals surface area contributed by atoms with Crippen LogP contribution in [0.5, 0.6) is 5.75 Å². The van der Waals surface area contributed by atoms with Gasteiger partial charge in [0.15, 0.2) is 0 Å². The molecule has 0 amide bonds. The molecule has 1 fully saturated rings. The van der Waals surface area contributed by atoms with E-state index >= 15 is 0 Å². The van der Waals surface area contributed by atoms with Crippen LogP contribution in [0.2, 0.25) is 0 Å². The topological polar surface area (TPSA) is 85.5 Å². The van der Waals surface area contributed by atoms with Gasteiger partial charge in [-0.25, -0.2) is 4.98 Å². The minimum Gasteiger partial charge on any atom is -0.491 e.